The number of hydrogen-bond donors (Lipinski definition) is 1. The molecule has 0 amide bonds. The summed E-state index contributed by atoms with van der Waals surface area (Å²) in [7, 11) is 0. The van der Waals surface area contributed by atoms with Crippen molar-refractivity contribution in [3.8, 4) is 12.3 Å². The largest absolute Gasteiger partial charge is 0.313 e. The number of nitrogens with zero attached hydrogens (tertiary/aromatic N) is 2. The Morgan fingerprint density at radius 2 is 2.11 bits per heavy atom. The number of terminal acetylenes is 1. The lowest BCUT2D eigenvalue weighted by atomic mass is 10.1. The normalized spacial score (nSPS) is 15.7. The highest BCUT2D eigenvalue weighted by Crippen LogP contribution is 2.23. The highest BCUT2D eigenvalue weighted by Gasteiger charge is 2.14. The Balaban J connectivity index is 2.12. The first-order valence-corrected chi connectivity index (χ1v) is 6.90. The van der Waals surface area contributed by atoms with Crippen LogP contribution in [0.3, 0.4) is 0 Å². The molecule has 98 valence electrons. The SMILES string of the molecule is C#Cc1cn(N2CCNCC2)c2ccc(CC)cc12. The second kappa shape index (κ2) is 4.99. The van der Waals surface area contributed by atoms with Crippen LogP contribution in [0.4, 0.5) is 0 Å². The molecule has 0 unspecified atom stereocenters. The zero-order chi connectivity index (χ0) is 13.2. The smallest absolute Gasteiger partial charge is 0.0707 e. The molecule has 2 heterocycles. The van der Waals surface area contributed by atoms with E-state index in [-0.39, 0.29) is 0 Å². The lowest BCUT2D eigenvalue weighted by Gasteiger charge is -2.31. The van der Waals surface area contributed by atoms with Crippen LogP contribution in [0, 0.1) is 12.3 Å². The van der Waals surface area contributed by atoms with Gasteiger partial charge in [0.25, 0.3) is 0 Å². The fourth-order valence-corrected chi connectivity index (χ4v) is 2.70. The summed E-state index contributed by atoms with van der Waals surface area (Å²) >= 11 is 0. The minimum absolute atomic E-state index is 0.990. The molecule has 0 saturated carbocycles. The zero-order valence-corrected chi connectivity index (χ0v) is 11.3. The molecule has 3 heteroatoms. The van der Waals surface area contributed by atoms with E-state index in [2.05, 4.69) is 52.2 Å². The Hall–Kier alpha value is -1.92. The van der Waals surface area contributed by atoms with Crippen molar-refractivity contribution in [2.75, 3.05) is 31.2 Å². The summed E-state index contributed by atoms with van der Waals surface area (Å²) in [6.07, 6.45) is 8.79. The van der Waals surface area contributed by atoms with E-state index in [9.17, 15) is 0 Å². The first kappa shape index (κ1) is 12.1. The Kier molecular flexibility index (Phi) is 3.18. The van der Waals surface area contributed by atoms with Gasteiger partial charge in [-0.1, -0.05) is 18.9 Å². The van der Waals surface area contributed by atoms with Crippen molar-refractivity contribution in [2.24, 2.45) is 0 Å². The van der Waals surface area contributed by atoms with Gasteiger partial charge >= 0.3 is 0 Å². The number of nitrogens with one attached hydrogen (secondary N) is 1. The van der Waals surface area contributed by atoms with E-state index in [1.165, 1.54) is 16.5 Å². The van der Waals surface area contributed by atoms with E-state index in [0.717, 1.165) is 38.2 Å². The summed E-state index contributed by atoms with van der Waals surface area (Å²) < 4.78 is 2.23. The number of aromatic nitrogens is 1. The fraction of sp³-hybridized carbons (Fsp3) is 0.375. The van der Waals surface area contributed by atoms with E-state index < -0.39 is 0 Å². The summed E-state index contributed by atoms with van der Waals surface area (Å²) in [6, 6.07) is 6.61. The molecule has 0 atom stereocenters. The van der Waals surface area contributed by atoms with E-state index >= 15 is 0 Å². The molecular formula is C16H19N3. The van der Waals surface area contributed by atoms with Gasteiger partial charge in [-0.2, -0.15) is 0 Å². The van der Waals surface area contributed by atoms with E-state index in [1.54, 1.807) is 0 Å². The van der Waals surface area contributed by atoms with Crippen LogP contribution >= 0.6 is 0 Å². The van der Waals surface area contributed by atoms with Crippen molar-refractivity contribution in [3.63, 3.8) is 0 Å². The van der Waals surface area contributed by atoms with E-state index in [0.29, 0.717) is 0 Å². The molecule has 0 bridgehead atoms. The monoisotopic (exact) mass is 253 g/mol. The zero-order valence-electron chi connectivity index (χ0n) is 11.3. The van der Waals surface area contributed by atoms with Gasteiger partial charge in [0.15, 0.2) is 0 Å². The second-order valence-electron chi connectivity index (χ2n) is 4.94. The Morgan fingerprint density at radius 1 is 1.32 bits per heavy atom. The van der Waals surface area contributed by atoms with Crippen molar-refractivity contribution in [1.82, 2.24) is 9.99 Å². The van der Waals surface area contributed by atoms with Crippen LogP contribution in [0.15, 0.2) is 24.4 Å². The Morgan fingerprint density at radius 3 is 2.79 bits per heavy atom. The number of aryl methyl sites for hydroxylation is 1. The Bertz CT molecular complexity index is 627. The molecule has 1 aromatic heterocycles. The van der Waals surface area contributed by atoms with Gasteiger partial charge < -0.3 is 10.3 Å². The molecule has 0 spiro atoms. The highest BCUT2D eigenvalue weighted by molar-refractivity contribution is 5.87. The predicted octanol–water partition coefficient (Wildman–Crippen LogP) is 1.73. The van der Waals surface area contributed by atoms with Crippen LogP contribution in [-0.2, 0) is 6.42 Å². The molecular weight excluding hydrogens is 234 g/mol. The van der Waals surface area contributed by atoms with Crippen molar-refractivity contribution < 1.29 is 0 Å². The molecule has 2 aromatic rings. The first-order chi connectivity index (χ1) is 9.33. The van der Waals surface area contributed by atoms with Crippen LogP contribution in [0.2, 0.25) is 0 Å². The van der Waals surface area contributed by atoms with Crippen LogP contribution in [0.25, 0.3) is 10.9 Å². The maximum absolute atomic E-state index is 5.66. The highest BCUT2D eigenvalue weighted by atomic mass is 15.6. The standard InChI is InChI=1S/C16H19N3/c1-3-13-5-6-16-15(11-13)14(4-2)12-19(16)18-9-7-17-8-10-18/h2,5-6,11-12,17H,3,7-10H2,1H3. The molecule has 1 aliphatic heterocycles. The van der Waals surface area contributed by atoms with Crippen molar-refractivity contribution in [2.45, 2.75) is 13.3 Å². The van der Waals surface area contributed by atoms with Crippen LogP contribution in [0.5, 0.6) is 0 Å². The van der Waals surface area contributed by atoms with Crippen LogP contribution in [-0.4, -0.2) is 30.9 Å². The number of rotatable bonds is 2. The summed E-state index contributed by atoms with van der Waals surface area (Å²) in [4.78, 5) is 0. The molecule has 1 aliphatic rings. The number of benzene rings is 1. The molecule has 3 nitrogen and oxygen atoms in total. The van der Waals surface area contributed by atoms with Crippen LogP contribution < -0.4 is 10.3 Å². The first-order valence-electron chi connectivity index (χ1n) is 6.90. The third-order valence-corrected chi connectivity index (χ3v) is 3.81. The molecule has 1 aromatic carbocycles. The molecule has 3 rings (SSSR count). The molecule has 0 aliphatic carbocycles. The number of hydrogen-bond acceptors (Lipinski definition) is 2. The average molecular weight is 253 g/mol. The lowest BCUT2D eigenvalue weighted by molar-refractivity contribution is 0.500. The van der Waals surface area contributed by atoms with E-state index in [4.69, 9.17) is 6.42 Å². The molecule has 1 N–H and O–H groups in total. The number of fused-ring (bicyclic) bond motifs is 1. The Labute approximate surface area is 114 Å². The van der Waals surface area contributed by atoms with Crippen molar-refractivity contribution in [3.05, 3.63) is 35.5 Å². The molecule has 19 heavy (non-hydrogen) atoms. The molecule has 1 saturated heterocycles. The number of piperazine rings is 1. The van der Waals surface area contributed by atoms with Gasteiger partial charge in [-0.3, -0.25) is 4.68 Å². The molecule has 1 fully saturated rings. The summed E-state index contributed by atoms with van der Waals surface area (Å²) in [6.45, 7) is 6.26. The van der Waals surface area contributed by atoms with Crippen LogP contribution in [0.1, 0.15) is 18.1 Å². The van der Waals surface area contributed by atoms with Gasteiger partial charge in [-0.15, -0.1) is 6.42 Å². The summed E-state index contributed by atoms with van der Waals surface area (Å²) in [5.74, 6) is 2.82. The molecule has 0 radical (unpaired) electrons. The fourth-order valence-electron chi connectivity index (χ4n) is 2.70. The van der Waals surface area contributed by atoms with Gasteiger partial charge in [0.1, 0.15) is 0 Å². The summed E-state index contributed by atoms with van der Waals surface area (Å²) in [5, 5.41) is 6.92. The van der Waals surface area contributed by atoms with Crippen molar-refractivity contribution >= 4 is 10.9 Å². The van der Waals surface area contributed by atoms with Crippen molar-refractivity contribution in [1.29, 1.82) is 0 Å². The maximum Gasteiger partial charge on any atom is 0.0707 e. The minimum Gasteiger partial charge on any atom is -0.313 e. The van der Waals surface area contributed by atoms with Gasteiger partial charge in [0, 0.05) is 37.8 Å². The third-order valence-electron chi connectivity index (χ3n) is 3.81. The van der Waals surface area contributed by atoms with E-state index in [1.807, 2.05) is 0 Å². The van der Waals surface area contributed by atoms with Gasteiger partial charge in [0.2, 0.25) is 0 Å². The topological polar surface area (TPSA) is 20.2 Å². The second-order valence-corrected chi connectivity index (χ2v) is 4.94. The quantitative estimate of drug-likeness (QED) is 0.823. The van der Waals surface area contributed by atoms with Gasteiger partial charge in [-0.05, 0) is 24.1 Å². The van der Waals surface area contributed by atoms with Gasteiger partial charge in [0.05, 0.1) is 11.1 Å². The average Bonchev–Trinajstić information content (AvgIpc) is 2.86. The maximum atomic E-state index is 5.66. The summed E-state index contributed by atoms with van der Waals surface area (Å²) in [5.41, 5.74) is 3.54. The predicted molar refractivity (Wildman–Crippen MR) is 80.1 cm³/mol. The van der Waals surface area contributed by atoms with Gasteiger partial charge in [-0.25, -0.2) is 0 Å². The lowest BCUT2D eigenvalue weighted by Crippen LogP contribution is -2.48. The third kappa shape index (κ3) is 2.09. The minimum atomic E-state index is 0.990.